The maximum absolute atomic E-state index is 4.27. The first-order valence-corrected chi connectivity index (χ1v) is 7.27. The lowest BCUT2D eigenvalue weighted by molar-refractivity contribution is 0.330. The van der Waals surface area contributed by atoms with Crippen molar-refractivity contribution in [2.24, 2.45) is 5.92 Å². The molecular weight excluding hydrogens is 222 g/mol. The molecule has 0 bridgehead atoms. The van der Waals surface area contributed by atoms with Gasteiger partial charge in [0.05, 0.1) is 23.8 Å². The standard InChI is InChI=1S/C15H25N3/c1-3-12-5-7-13(8-6-12)18-15-9-14(17-4-2)10-16-11-15/h9-13,17-18H,3-8H2,1-2H3. The molecule has 1 heterocycles. The van der Waals surface area contributed by atoms with E-state index in [0.717, 1.165) is 23.8 Å². The normalized spacial score (nSPS) is 23.7. The van der Waals surface area contributed by atoms with Crippen LogP contribution in [0.15, 0.2) is 18.5 Å². The van der Waals surface area contributed by atoms with Crippen LogP contribution in [0.5, 0.6) is 0 Å². The maximum Gasteiger partial charge on any atom is 0.0549 e. The Bertz CT molecular complexity index is 357. The van der Waals surface area contributed by atoms with Gasteiger partial charge in [0.15, 0.2) is 0 Å². The fourth-order valence-electron chi connectivity index (χ4n) is 2.77. The molecule has 0 unspecified atom stereocenters. The van der Waals surface area contributed by atoms with Crippen molar-refractivity contribution in [3.63, 3.8) is 0 Å². The van der Waals surface area contributed by atoms with Gasteiger partial charge in [-0.1, -0.05) is 13.3 Å². The number of nitrogens with zero attached hydrogens (tertiary/aromatic N) is 1. The molecule has 0 atom stereocenters. The van der Waals surface area contributed by atoms with Gasteiger partial charge in [-0.2, -0.15) is 0 Å². The quantitative estimate of drug-likeness (QED) is 0.828. The van der Waals surface area contributed by atoms with E-state index >= 15 is 0 Å². The molecule has 2 N–H and O–H groups in total. The summed E-state index contributed by atoms with van der Waals surface area (Å²) in [6.07, 6.45) is 10.5. The lowest BCUT2D eigenvalue weighted by Crippen LogP contribution is -2.25. The van der Waals surface area contributed by atoms with Gasteiger partial charge in [-0.15, -0.1) is 0 Å². The minimum Gasteiger partial charge on any atom is -0.384 e. The molecule has 2 rings (SSSR count). The Balaban J connectivity index is 1.87. The molecule has 1 aromatic heterocycles. The van der Waals surface area contributed by atoms with Crippen molar-refractivity contribution in [3.05, 3.63) is 18.5 Å². The van der Waals surface area contributed by atoms with Gasteiger partial charge in [-0.3, -0.25) is 4.98 Å². The van der Waals surface area contributed by atoms with Gasteiger partial charge >= 0.3 is 0 Å². The van der Waals surface area contributed by atoms with Gasteiger partial charge in [-0.05, 0) is 44.6 Å². The number of pyridine rings is 1. The van der Waals surface area contributed by atoms with Crippen LogP contribution in [-0.4, -0.2) is 17.6 Å². The molecule has 1 saturated carbocycles. The Morgan fingerprint density at radius 3 is 2.50 bits per heavy atom. The summed E-state index contributed by atoms with van der Waals surface area (Å²) in [5, 5.41) is 6.92. The van der Waals surface area contributed by atoms with Gasteiger partial charge in [0.1, 0.15) is 0 Å². The largest absolute Gasteiger partial charge is 0.384 e. The van der Waals surface area contributed by atoms with E-state index < -0.39 is 0 Å². The fraction of sp³-hybridized carbons (Fsp3) is 0.667. The SMILES string of the molecule is CCNc1cncc(NC2CCC(CC)CC2)c1. The van der Waals surface area contributed by atoms with E-state index in [-0.39, 0.29) is 0 Å². The van der Waals surface area contributed by atoms with E-state index in [2.05, 4.69) is 35.5 Å². The van der Waals surface area contributed by atoms with E-state index in [1.54, 1.807) is 0 Å². The highest BCUT2D eigenvalue weighted by Crippen LogP contribution is 2.28. The Hall–Kier alpha value is -1.25. The monoisotopic (exact) mass is 247 g/mol. The third-order valence-corrected chi connectivity index (χ3v) is 3.91. The summed E-state index contributed by atoms with van der Waals surface area (Å²) in [5.41, 5.74) is 2.25. The van der Waals surface area contributed by atoms with Crippen molar-refractivity contribution < 1.29 is 0 Å². The molecule has 0 amide bonds. The van der Waals surface area contributed by atoms with Crippen molar-refractivity contribution in [3.8, 4) is 0 Å². The molecule has 1 aliphatic carbocycles. The number of anilines is 2. The smallest absolute Gasteiger partial charge is 0.0549 e. The van der Waals surface area contributed by atoms with Crippen molar-refractivity contribution >= 4 is 11.4 Å². The van der Waals surface area contributed by atoms with Crippen molar-refractivity contribution in [1.29, 1.82) is 0 Å². The fourth-order valence-corrected chi connectivity index (χ4v) is 2.77. The summed E-state index contributed by atoms with van der Waals surface area (Å²) in [4.78, 5) is 4.27. The third kappa shape index (κ3) is 3.62. The zero-order chi connectivity index (χ0) is 12.8. The van der Waals surface area contributed by atoms with Gasteiger partial charge in [0.25, 0.3) is 0 Å². The zero-order valence-corrected chi connectivity index (χ0v) is 11.6. The number of aromatic nitrogens is 1. The molecule has 0 saturated heterocycles. The summed E-state index contributed by atoms with van der Waals surface area (Å²) < 4.78 is 0. The first-order valence-electron chi connectivity index (χ1n) is 7.27. The first kappa shape index (κ1) is 13.2. The van der Waals surface area contributed by atoms with Crippen molar-refractivity contribution in [2.45, 2.75) is 52.0 Å². The predicted octanol–water partition coefficient (Wildman–Crippen LogP) is 3.89. The van der Waals surface area contributed by atoms with Crippen LogP contribution in [0.25, 0.3) is 0 Å². The van der Waals surface area contributed by atoms with Gasteiger partial charge in [0.2, 0.25) is 0 Å². The average molecular weight is 247 g/mol. The summed E-state index contributed by atoms with van der Waals surface area (Å²) in [7, 11) is 0. The molecule has 1 aliphatic rings. The summed E-state index contributed by atoms with van der Waals surface area (Å²) in [5.74, 6) is 0.953. The summed E-state index contributed by atoms with van der Waals surface area (Å²) in [6.45, 7) is 5.35. The molecule has 0 spiro atoms. The molecule has 0 aromatic carbocycles. The van der Waals surface area contributed by atoms with E-state index in [9.17, 15) is 0 Å². The van der Waals surface area contributed by atoms with Gasteiger partial charge in [-0.25, -0.2) is 0 Å². The van der Waals surface area contributed by atoms with Crippen LogP contribution in [0.3, 0.4) is 0 Å². The van der Waals surface area contributed by atoms with Crippen LogP contribution < -0.4 is 10.6 Å². The Morgan fingerprint density at radius 1 is 1.11 bits per heavy atom. The molecule has 0 radical (unpaired) electrons. The Kier molecular flexibility index (Phi) is 4.85. The molecule has 1 aromatic rings. The molecule has 18 heavy (non-hydrogen) atoms. The predicted molar refractivity (Wildman–Crippen MR) is 78.1 cm³/mol. The van der Waals surface area contributed by atoms with E-state index in [4.69, 9.17) is 0 Å². The van der Waals surface area contributed by atoms with Crippen LogP contribution in [0.4, 0.5) is 11.4 Å². The molecule has 3 heteroatoms. The average Bonchev–Trinajstić information content (AvgIpc) is 2.40. The topological polar surface area (TPSA) is 37.0 Å². The van der Waals surface area contributed by atoms with E-state index in [1.807, 2.05) is 12.4 Å². The van der Waals surface area contributed by atoms with Crippen LogP contribution in [0, 0.1) is 5.92 Å². The third-order valence-electron chi connectivity index (χ3n) is 3.91. The van der Waals surface area contributed by atoms with Crippen LogP contribution >= 0.6 is 0 Å². The highest BCUT2D eigenvalue weighted by atomic mass is 14.9. The number of nitrogens with one attached hydrogen (secondary N) is 2. The molecule has 100 valence electrons. The summed E-state index contributed by atoms with van der Waals surface area (Å²) in [6, 6.07) is 2.79. The zero-order valence-electron chi connectivity index (χ0n) is 11.6. The number of rotatable bonds is 5. The molecule has 3 nitrogen and oxygen atoms in total. The van der Waals surface area contributed by atoms with E-state index in [1.165, 1.54) is 32.1 Å². The highest BCUT2D eigenvalue weighted by Gasteiger charge is 2.19. The van der Waals surface area contributed by atoms with Crippen molar-refractivity contribution in [1.82, 2.24) is 4.98 Å². The number of hydrogen-bond acceptors (Lipinski definition) is 3. The minimum absolute atomic E-state index is 0.631. The van der Waals surface area contributed by atoms with Gasteiger partial charge < -0.3 is 10.6 Å². The molecule has 1 fully saturated rings. The van der Waals surface area contributed by atoms with Crippen LogP contribution in [0.1, 0.15) is 46.0 Å². The van der Waals surface area contributed by atoms with Crippen LogP contribution in [0.2, 0.25) is 0 Å². The maximum atomic E-state index is 4.27. The second-order valence-corrected chi connectivity index (χ2v) is 5.26. The highest BCUT2D eigenvalue weighted by molar-refractivity contribution is 5.54. The summed E-state index contributed by atoms with van der Waals surface area (Å²) >= 11 is 0. The first-order chi connectivity index (χ1) is 8.81. The molecular formula is C15H25N3. The lowest BCUT2D eigenvalue weighted by atomic mass is 9.84. The second kappa shape index (κ2) is 6.62. The number of hydrogen-bond donors (Lipinski definition) is 2. The van der Waals surface area contributed by atoms with E-state index in [0.29, 0.717) is 6.04 Å². The minimum atomic E-state index is 0.631. The Labute approximate surface area is 110 Å². The van der Waals surface area contributed by atoms with Crippen molar-refractivity contribution in [2.75, 3.05) is 17.2 Å². The van der Waals surface area contributed by atoms with Crippen LogP contribution in [-0.2, 0) is 0 Å². The second-order valence-electron chi connectivity index (χ2n) is 5.26. The Morgan fingerprint density at radius 2 is 1.83 bits per heavy atom. The van der Waals surface area contributed by atoms with Gasteiger partial charge in [0, 0.05) is 12.6 Å². The lowest BCUT2D eigenvalue weighted by Gasteiger charge is -2.29. The molecule has 0 aliphatic heterocycles.